The molecule has 1 aromatic heterocycles. The zero-order chi connectivity index (χ0) is 21.6. The van der Waals surface area contributed by atoms with Crippen molar-refractivity contribution in [3.8, 4) is 6.07 Å². The van der Waals surface area contributed by atoms with E-state index in [9.17, 15) is 18.0 Å². The van der Waals surface area contributed by atoms with Gasteiger partial charge in [-0.05, 0) is 26.0 Å². The Morgan fingerprint density at radius 1 is 1.34 bits per heavy atom. The van der Waals surface area contributed by atoms with Crippen molar-refractivity contribution in [1.82, 2.24) is 14.3 Å². The number of imidazole rings is 1. The lowest BCUT2D eigenvalue weighted by molar-refractivity contribution is -0.152. The molecule has 29 heavy (non-hydrogen) atoms. The van der Waals surface area contributed by atoms with E-state index in [2.05, 4.69) is 15.0 Å². The number of hydrogen-bond acceptors (Lipinski definition) is 7. The summed E-state index contributed by atoms with van der Waals surface area (Å²) in [5.74, 6) is -0.825. The maximum Gasteiger partial charge on any atom is 0.307 e. The molecular weight excluding hydrogens is 398 g/mol. The monoisotopic (exact) mass is 419 g/mol. The molecule has 0 saturated heterocycles. The molecule has 11 heteroatoms. The fourth-order valence-corrected chi connectivity index (χ4v) is 3.32. The van der Waals surface area contributed by atoms with Gasteiger partial charge in [0.05, 0.1) is 17.7 Å². The summed E-state index contributed by atoms with van der Waals surface area (Å²) in [7, 11) is -2.18. The van der Waals surface area contributed by atoms with E-state index in [1.165, 1.54) is 13.1 Å². The van der Waals surface area contributed by atoms with Crippen LogP contribution >= 0.6 is 0 Å². The number of hydrogen-bond donors (Lipinski definition) is 2. The number of sulfonamides is 1. The van der Waals surface area contributed by atoms with Gasteiger partial charge in [-0.2, -0.15) is 5.26 Å². The van der Waals surface area contributed by atoms with Crippen LogP contribution in [-0.4, -0.2) is 42.5 Å². The summed E-state index contributed by atoms with van der Waals surface area (Å²) >= 11 is 0. The topological polar surface area (TPSA) is 143 Å². The summed E-state index contributed by atoms with van der Waals surface area (Å²) < 4.78 is 33.1. The third-order valence-corrected chi connectivity index (χ3v) is 5.30. The Morgan fingerprint density at radius 3 is 2.66 bits per heavy atom. The molecule has 154 valence electrons. The van der Waals surface area contributed by atoms with Crippen LogP contribution in [0.3, 0.4) is 0 Å². The molecule has 10 nitrogen and oxygen atoms in total. The number of aromatic nitrogens is 2. The number of rotatable bonds is 8. The van der Waals surface area contributed by atoms with Crippen LogP contribution in [0, 0.1) is 18.3 Å². The van der Waals surface area contributed by atoms with Crippen molar-refractivity contribution in [2.75, 3.05) is 11.9 Å². The zero-order valence-electron chi connectivity index (χ0n) is 16.2. The van der Waals surface area contributed by atoms with Crippen LogP contribution in [0.15, 0.2) is 35.5 Å². The predicted octanol–water partition coefficient (Wildman–Crippen LogP) is 0.839. The molecule has 2 aromatic rings. The van der Waals surface area contributed by atoms with Gasteiger partial charge in [0, 0.05) is 19.8 Å². The van der Waals surface area contributed by atoms with E-state index in [4.69, 9.17) is 10.00 Å². The fourth-order valence-electron chi connectivity index (χ4n) is 2.25. The van der Waals surface area contributed by atoms with Gasteiger partial charge in [0.15, 0.2) is 11.1 Å². The summed E-state index contributed by atoms with van der Waals surface area (Å²) in [5.41, 5.74) is 0.583. The summed E-state index contributed by atoms with van der Waals surface area (Å²) in [6.07, 6.45) is -0.0249. The van der Waals surface area contributed by atoms with E-state index in [0.29, 0.717) is 11.5 Å². The Morgan fingerprint density at radius 2 is 2.03 bits per heavy atom. The van der Waals surface area contributed by atoms with Crippen molar-refractivity contribution in [1.29, 1.82) is 5.26 Å². The molecule has 1 atom stereocenters. The average Bonchev–Trinajstić information content (AvgIpc) is 3.01. The van der Waals surface area contributed by atoms with E-state index in [-0.39, 0.29) is 23.6 Å². The van der Waals surface area contributed by atoms with Crippen LogP contribution in [0.4, 0.5) is 5.69 Å². The first-order valence-corrected chi connectivity index (χ1v) is 10.1. The van der Waals surface area contributed by atoms with Crippen molar-refractivity contribution < 1.29 is 22.7 Å². The second-order valence-corrected chi connectivity index (χ2v) is 7.88. The molecule has 2 rings (SSSR count). The molecule has 2 N–H and O–H groups in total. The molecule has 1 heterocycles. The number of nitriles is 1. The minimum atomic E-state index is -3.85. The Labute approximate surface area is 168 Å². The molecule has 0 aliphatic heterocycles. The molecule has 0 fully saturated rings. The van der Waals surface area contributed by atoms with Crippen molar-refractivity contribution in [3.63, 3.8) is 0 Å². The van der Waals surface area contributed by atoms with Gasteiger partial charge in [-0.1, -0.05) is 12.1 Å². The van der Waals surface area contributed by atoms with Crippen LogP contribution in [-0.2, 0) is 31.4 Å². The first-order chi connectivity index (χ1) is 13.6. The number of aryl methyl sites for hydroxylation is 2. The molecule has 1 amide bonds. The number of benzene rings is 1. The van der Waals surface area contributed by atoms with Crippen LogP contribution in [0.2, 0.25) is 0 Å². The number of nitrogens with one attached hydrogen (secondary N) is 2. The van der Waals surface area contributed by atoms with Gasteiger partial charge < -0.3 is 14.6 Å². The van der Waals surface area contributed by atoms with E-state index < -0.39 is 28.0 Å². The molecule has 0 spiro atoms. The number of ether oxygens (including phenoxy) is 1. The number of amides is 1. The minimum Gasteiger partial charge on any atom is -0.452 e. The lowest BCUT2D eigenvalue weighted by atomic mass is 10.2. The van der Waals surface area contributed by atoms with E-state index in [1.54, 1.807) is 42.8 Å². The Kier molecular flexibility index (Phi) is 7.08. The largest absolute Gasteiger partial charge is 0.452 e. The van der Waals surface area contributed by atoms with Gasteiger partial charge in [0.1, 0.15) is 11.9 Å². The molecule has 0 aliphatic carbocycles. The molecule has 1 aromatic carbocycles. The number of carbonyl (C=O) groups is 2. The number of esters is 1. The number of nitrogens with zero attached hydrogens (tertiary/aromatic N) is 3. The van der Waals surface area contributed by atoms with E-state index in [1.807, 2.05) is 6.07 Å². The van der Waals surface area contributed by atoms with Crippen LogP contribution < -0.4 is 10.0 Å². The Balaban J connectivity index is 1.84. The molecule has 1 unspecified atom stereocenters. The standard InChI is InChI=1S/C18H21N5O5S/c1-12(18(25)22-15-7-5-4-6-14(15)10-19)28-17(24)8-9-20-29(26,27)16-11-23(3)13(2)21-16/h4-7,11-12,20H,8-9H2,1-3H3,(H,22,25). The lowest BCUT2D eigenvalue weighted by Gasteiger charge is -2.14. The van der Waals surface area contributed by atoms with Crippen molar-refractivity contribution in [2.24, 2.45) is 7.05 Å². The number of carbonyl (C=O) groups excluding carboxylic acids is 2. The third kappa shape index (κ3) is 5.87. The van der Waals surface area contributed by atoms with Crippen molar-refractivity contribution in [3.05, 3.63) is 41.9 Å². The van der Waals surface area contributed by atoms with Crippen molar-refractivity contribution in [2.45, 2.75) is 31.4 Å². The maximum absolute atomic E-state index is 12.1. The molecule has 0 saturated carbocycles. The third-order valence-electron chi connectivity index (χ3n) is 3.97. The fraction of sp³-hybridized carbons (Fsp3) is 0.333. The SMILES string of the molecule is Cc1nc(S(=O)(=O)NCCC(=O)OC(C)C(=O)Nc2ccccc2C#N)cn1C. The Hall–Kier alpha value is -3.23. The first-order valence-electron chi connectivity index (χ1n) is 8.63. The van der Waals surface area contributed by atoms with Gasteiger partial charge in [0.2, 0.25) is 0 Å². The summed E-state index contributed by atoms with van der Waals surface area (Å²) in [6, 6.07) is 8.36. The highest BCUT2D eigenvalue weighted by Crippen LogP contribution is 2.14. The van der Waals surface area contributed by atoms with Gasteiger partial charge in [-0.15, -0.1) is 0 Å². The van der Waals surface area contributed by atoms with Gasteiger partial charge >= 0.3 is 5.97 Å². The average molecular weight is 419 g/mol. The molecule has 0 radical (unpaired) electrons. The lowest BCUT2D eigenvalue weighted by Crippen LogP contribution is -2.32. The van der Waals surface area contributed by atoms with E-state index >= 15 is 0 Å². The second-order valence-electron chi connectivity index (χ2n) is 6.16. The highest BCUT2D eigenvalue weighted by Gasteiger charge is 2.21. The number of anilines is 1. The molecule has 0 bridgehead atoms. The zero-order valence-corrected chi connectivity index (χ0v) is 17.0. The molecular formula is C18H21N5O5S. The highest BCUT2D eigenvalue weighted by atomic mass is 32.2. The first kappa shape index (κ1) is 22.1. The quantitative estimate of drug-likeness (QED) is 0.603. The second kappa shape index (κ2) is 9.31. The summed E-state index contributed by atoms with van der Waals surface area (Å²) in [5, 5.41) is 11.4. The van der Waals surface area contributed by atoms with Crippen LogP contribution in [0.25, 0.3) is 0 Å². The highest BCUT2D eigenvalue weighted by molar-refractivity contribution is 7.89. The molecule has 0 aliphatic rings. The number of para-hydroxylation sites is 1. The smallest absolute Gasteiger partial charge is 0.307 e. The van der Waals surface area contributed by atoms with Gasteiger partial charge in [-0.3, -0.25) is 9.59 Å². The minimum absolute atomic E-state index is 0.144. The van der Waals surface area contributed by atoms with Gasteiger partial charge in [0.25, 0.3) is 15.9 Å². The Bertz CT molecular complexity index is 1040. The summed E-state index contributed by atoms with van der Waals surface area (Å²) in [4.78, 5) is 28.0. The van der Waals surface area contributed by atoms with Crippen LogP contribution in [0.1, 0.15) is 24.7 Å². The van der Waals surface area contributed by atoms with Crippen LogP contribution in [0.5, 0.6) is 0 Å². The predicted molar refractivity (Wildman–Crippen MR) is 103 cm³/mol. The van der Waals surface area contributed by atoms with Gasteiger partial charge in [-0.25, -0.2) is 18.1 Å². The maximum atomic E-state index is 12.1. The summed E-state index contributed by atoms with van der Waals surface area (Å²) in [6.45, 7) is 2.84. The van der Waals surface area contributed by atoms with E-state index in [0.717, 1.165) is 0 Å². The normalized spacial score (nSPS) is 12.1. The van der Waals surface area contributed by atoms with Crippen molar-refractivity contribution >= 4 is 27.6 Å².